The van der Waals surface area contributed by atoms with Crippen LogP contribution >= 0.6 is 0 Å². The third-order valence-electron chi connectivity index (χ3n) is 9.24. The van der Waals surface area contributed by atoms with Crippen LogP contribution in [0.2, 0.25) is 0 Å². The molecule has 0 N–H and O–H groups in total. The van der Waals surface area contributed by atoms with Crippen LogP contribution in [0.1, 0.15) is 30.7 Å². The zero-order valence-electron chi connectivity index (χ0n) is 35.0. The summed E-state index contributed by atoms with van der Waals surface area (Å²) in [6.45, 7) is 6.04. The molecule has 0 bridgehead atoms. The van der Waals surface area contributed by atoms with Crippen LogP contribution in [0, 0.1) is 23.8 Å². The van der Waals surface area contributed by atoms with Crippen molar-refractivity contribution in [2.75, 3.05) is 13.2 Å². The maximum Gasteiger partial charge on any atom is 3.00 e. The summed E-state index contributed by atoms with van der Waals surface area (Å²) in [7, 11) is 0. The molecule has 0 aliphatic rings. The minimum atomic E-state index is -4.50. The van der Waals surface area contributed by atoms with Gasteiger partial charge in [-0.2, -0.15) is 13.2 Å². The monoisotopic (exact) mass is 1060 g/mol. The van der Waals surface area contributed by atoms with E-state index in [1.54, 1.807) is 10.8 Å². The first-order valence-corrected chi connectivity index (χ1v) is 20.1. The molecule has 9 rings (SSSR count). The number of halogens is 5. The van der Waals surface area contributed by atoms with Gasteiger partial charge in [-0.25, -0.2) is 15.2 Å². The van der Waals surface area contributed by atoms with E-state index < -0.39 is 11.9 Å². The molecule has 0 fully saturated rings. The number of hydrogen-bond acceptors (Lipinski definition) is 6. The first-order valence-electron chi connectivity index (χ1n) is 20.1. The SMILES string of the molecule is CCOc1cc(F)c[c-]c1-c1ccn(Cc2ccccc2)n1.CCOc1cc(F)c[c-]c1-c1ccn(Cc2ccccc2)n1.FC(F)(F)c1cc(-c2nccn2-c2ccccc2)[n-]n1.[Ir+3]. The molecular formula is C49H40F5IrN8O2. The van der Waals surface area contributed by atoms with Gasteiger partial charge in [-0.05, 0) is 43.2 Å². The van der Waals surface area contributed by atoms with Gasteiger partial charge in [0.1, 0.15) is 11.5 Å². The van der Waals surface area contributed by atoms with Gasteiger partial charge in [0.15, 0.2) is 0 Å². The van der Waals surface area contributed by atoms with E-state index in [9.17, 15) is 22.0 Å². The third-order valence-corrected chi connectivity index (χ3v) is 9.24. The maximum absolute atomic E-state index is 13.3. The molecule has 0 atom stereocenters. The van der Waals surface area contributed by atoms with E-state index in [4.69, 9.17) is 9.47 Å². The van der Waals surface area contributed by atoms with E-state index in [1.165, 1.54) is 41.6 Å². The molecule has 4 heterocycles. The number of para-hydroxylation sites is 1. The van der Waals surface area contributed by atoms with Crippen molar-refractivity contribution in [3.8, 4) is 51.2 Å². The van der Waals surface area contributed by atoms with Crippen molar-refractivity contribution in [3.63, 3.8) is 0 Å². The summed E-state index contributed by atoms with van der Waals surface area (Å²) in [6.07, 6.45) is 2.46. The Labute approximate surface area is 385 Å². The van der Waals surface area contributed by atoms with Crippen LogP contribution in [0.3, 0.4) is 0 Å². The van der Waals surface area contributed by atoms with Crippen LogP contribution in [0.4, 0.5) is 22.0 Å². The van der Waals surface area contributed by atoms with Crippen molar-refractivity contribution in [3.05, 3.63) is 199 Å². The molecule has 0 saturated heterocycles. The van der Waals surface area contributed by atoms with Gasteiger partial charge in [0.05, 0.1) is 26.3 Å². The number of benzene rings is 5. The van der Waals surface area contributed by atoms with Gasteiger partial charge in [-0.3, -0.25) is 18.1 Å². The summed E-state index contributed by atoms with van der Waals surface area (Å²) in [5.74, 6) is 0.519. The predicted molar refractivity (Wildman–Crippen MR) is 231 cm³/mol. The second kappa shape index (κ2) is 22.5. The zero-order valence-corrected chi connectivity index (χ0v) is 37.4. The van der Waals surface area contributed by atoms with E-state index >= 15 is 0 Å². The van der Waals surface area contributed by atoms with Gasteiger partial charge in [0.25, 0.3) is 0 Å². The number of imidazole rings is 1. The van der Waals surface area contributed by atoms with E-state index in [0.717, 1.165) is 23.1 Å². The number of alkyl halides is 3. The Morgan fingerprint density at radius 3 is 1.55 bits per heavy atom. The largest absolute Gasteiger partial charge is 3.00 e. The molecule has 10 nitrogen and oxygen atoms in total. The van der Waals surface area contributed by atoms with Crippen LogP contribution in [0.15, 0.2) is 158 Å². The van der Waals surface area contributed by atoms with E-state index in [-0.39, 0.29) is 37.4 Å². The third kappa shape index (κ3) is 12.7. The second-order valence-electron chi connectivity index (χ2n) is 13.8. The van der Waals surface area contributed by atoms with Crippen LogP contribution in [-0.4, -0.2) is 47.4 Å². The molecule has 0 saturated carbocycles. The molecule has 16 heteroatoms. The van der Waals surface area contributed by atoms with Gasteiger partial charge in [-0.1, -0.05) is 120 Å². The summed E-state index contributed by atoms with van der Waals surface area (Å²) in [5.41, 5.74) is 5.00. The minimum Gasteiger partial charge on any atom is -0.572 e. The number of ether oxygens (including phenoxy) is 2. The average Bonchev–Trinajstić information content (AvgIpc) is 4.14. The fourth-order valence-corrected chi connectivity index (χ4v) is 6.38. The van der Waals surface area contributed by atoms with E-state index in [1.807, 2.05) is 114 Å². The summed E-state index contributed by atoms with van der Waals surface area (Å²) >= 11 is 0. The first-order chi connectivity index (χ1) is 31.1. The van der Waals surface area contributed by atoms with E-state index in [2.05, 4.69) is 61.8 Å². The minimum absolute atomic E-state index is 0. The van der Waals surface area contributed by atoms with Crippen molar-refractivity contribution in [1.29, 1.82) is 0 Å². The Bertz CT molecular complexity index is 2710. The molecule has 0 amide bonds. The molecule has 5 aromatic carbocycles. The quantitative estimate of drug-likeness (QED) is 0.0888. The standard InChI is InChI=1S/2C18H16FN2O.C13H8F3N4.Ir/c2*1-2-22-18-12-15(19)8-9-16(18)17-10-11-21(20-17)13-14-6-4-3-5-7-14;14-13(15,16)11-8-10(18-19-11)12-17-6-7-20(12)9-4-2-1-3-5-9;/h2*3-8,10-12H,2,13H2,1H3;1-8H;/q3*-1;+3. The van der Waals surface area contributed by atoms with Crippen molar-refractivity contribution >= 4 is 0 Å². The van der Waals surface area contributed by atoms with Gasteiger partial charge in [0.2, 0.25) is 0 Å². The van der Waals surface area contributed by atoms with Gasteiger partial charge in [0, 0.05) is 65.0 Å². The normalized spacial score (nSPS) is 10.8. The Balaban J connectivity index is 0.000000161. The molecule has 9 aromatic rings. The molecule has 0 aliphatic heterocycles. The molecule has 0 radical (unpaired) electrons. The molecule has 4 aromatic heterocycles. The number of hydrogen-bond donors (Lipinski definition) is 0. The smallest absolute Gasteiger partial charge is 0.572 e. The van der Waals surface area contributed by atoms with Crippen molar-refractivity contribution in [1.82, 2.24) is 39.3 Å². The number of rotatable bonds is 12. The maximum atomic E-state index is 13.3. The van der Waals surface area contributed by atoms with Gasteiger partial charge >= 0.3 is 26.3 Å². The summed E-state index contributed by atoms with van der Waals surface area (Å²) < 4.78 is 80.6. The van der Waals surface area contributed by atoms with Gasteiger partial charge in [-0.15, -0.1) is 24.3 Å². The summed E-state index contributed by atoms with van der Waals surface area (Å²) in [6, 6.07) is 45.2. The molecule has 65 heavy (non-hydrogen) atoms. The Morgan fingerprint density at radius 1 is 0.631 bits per heavy atom. The average molecular weight is 1060 g/mol. The fraction of sp³-hybridized carbons (Fsp3) is 0.143. The zero-order chi connectivity index (χ0) is 44.9. The number of aromatic nitrogens is 8. The second-order valence-corrected chi connectivity index (χ2v) is 13.8. The molecule has 332 valence electrons. The van der Waals surface area contributed by atoms with Crippen LogP contribution in [0.5, 0.6) is 11.5 Å². The van der Waals surface area contributed by atoms with E-state index in [0.29, 0.717) is 54.8 Å². The number of nitrogens with zero attached hydrogens (tertiary/aromatic N) is 8. The molecule has 0 spiro atoms. The fourth-order valence-electron chi connectivity index (χ4n) is 6.38. The molecule has 0 unspecified atom stereocenters. The van der Waals surface area contributed by atoms with Crippen molar-refractivity contribution < 1.29 is 51.5 Å². The molecular weight excluding hydrogens is 1020 g/mol. The Kier molecular flexibility index (Phi) is 16.3. The predicted octanol–water partition coefficient (Wildman–Crippen LogP) is 10.8. The van der Waals surface area contributed by atoms with Crippen LogP contribution in [0.25, 0.3) is 39.7 Å². The van der Waals surface area contributed by atoms with Crippen LogP contribution in [-0.2, 0) is 39.4 Å². The van der Waals surface area contributed by atoms with Crippen molar-refractivity contribution in [2.45, 2.75) is 33.1 Å². The molecule has 0 aliphatic carbocycles. The Morgan fingerprint density at radius 2 is 1.11 bits per heavy atom. The summed E-state index contributed by atoms with van der Waals surface area (Å²) in [4.78, 5) is 4.05. The first kappa shape index (κ1) is 47.3. The van der Waals surface area contributed by atoms with Crippen molar-refractivity contribution in [2.24, 2.45) is 0 Å². The summed E-state index contributed by atoms with van der Waals surface area (Å²) in [5, 5.41) is 15.8. The Hall–Kier alpha value is -7.16. The topological polar surface area (TPSA) is 98.9 Å². The van der Waals surface area contributed by atoms with Crippen LogP contribution < -0.4 is 14.6 Å². The van der Waals surface area contributed by atoms with Gasteiger partial charge < -0.3 is 24.2 Å².